The molecule has 1 aromatic carbocycles. The van der Waals surface area contributed by atoms with Gasteiger partial charge in [-0.3, -0.25) is 4.72 Å². The summed E-state index contributed by atoms with van der Waals surface area (Å²) in [5.41, 5.74) is 1.37. The fourth-order valence-electron chi connectivity index (χ4n) is 1.97. The van der Waals surface area contributed by atoms with Gasteiger partial charge in [0, 0.05) is 10.5 Å². The average Bonchev–Trinajstić information content (AvgIpc) is 2.77. The number of aryl methyl sites for hydroxylation is 1. The van der Waals surface area contributed by atoms with Gasteiger partial charge in [-0.1, -0.05) is 22.0 Å². The Bertz CT molecular complexity index is 754. The fraction of sp³-hybridized carbons (Fsp3) is 0.286. The molecule has 1 aromatic heterocycles. The van der Waals surface area contributed by atoms with E-state index in [1.54, 1.807) is 32.2 Å². The molecular formula is C14H17BrN2O3S. The lowest BCUT2D eigenvalue weighted by atomic mass is 10.2. The summed E-state index contributed by atoms with van der Waals surface area (Å²) in [7, 11) is -1.90. The SMILES string of the molecule is CNCc1cc(S(=O)(=O)Nc2cccc(Br)c2C)c(C)o1. The predicted molar refractivity (Wildman–Crippen MR) is 85.9 cm³/mol. The molecule has 0 saturated heterocycles. The number of rotatable bonds is 5. The predicted octanol–water partition coefficient (Wildman–Crippen LogP) is 3.18. The standard InChI is InChI=1S/C14H17BrN2O3S/c1-9-12(15)5-4-6-13(9)17-21(18,19)14-7-11(8-16-3)20-10(14)2/h4-7,16-17H,8H2,1-3H3. The Hall–Kier alpha value is -1.31. The van der Waals surface area contributed by atoms with Gasteiger partial charge in [0.25, 0.3) is 10.0 Å². The first-order valence-corrected chi connectivity index (χ1v) is 8.64. The van der Waals surface area contributed by atoms with E-state index < -0.39 is 10.0 Å². The number of hydrogen-bond acceptors (Lipinski definition) is 4. The maximum atomic E-state index is 12.5. The molecule has 0 saturated carbocycles. The van der Waals surface area contributed by atoms with Gasteiger partial charge in [-0.05, 0) is 38.6 Å². The minimum absolute atomic E-state index is 0.159. The number of benzene rings is 1. The van der Waals surface area contributed by atoms with Crippen LogP contribution < -0.4 is 10.0 Å². The number of anilines is 1. The Balaban J connectivity index is 2.36. The first-order valence-electron chi connectivity index (χ1n) is 6.37. The van der Waals surface area contributed by atoms with Crippen molar-refractivity contribution in [2.45, 2.75) is 25.3 Å². The van der Waals surface area contributed by atoms with Crippen molar-refractivity contribution in [3.05, 3.63) is 45.8 Å². The lowest BCUT2D eigenvalue weighted by Crippen LogP contribution is -2.14. The van der Waals surface area contributed by atoms with Crippen LogP contribution in [0.2, 0.25) is 0 Å². The average molecular weight is 373 g/mol. The third-order valence-corrected chi connectivity index (χ3v) is 5.41. The second-order valence-electron chi connectivity index (χ2n) is 4.68. The zero-order valence-corrected chi connectivity index (χ0v) is 14.4. The molecule has 0 fully saturated rings. The Morgan fingerprint density at radius 2 is 2.00 bits per heavy atom. The van der Waals surface area contributed by atoms with Crippen LogP contribution in [0.1, 0.15) is 17.1 Å². The number of furan rings is 1. The second-order valence-corrected chi connectivity index (χ2v) is 7.19. The van der Waals surface area contributed by atoms with E-state index in [1.165, 1.54) is 0 Å². The number of halogens is 1. The van der Waals surface area contributed by atoms with Gasteiger partial charge in [0.1, 0.15) is 16.4 Å². The highest BCUT2D eigenvalue weighted by Crippen LogP contribution is 2.27. The molecule has 21 heavy (non-hydrogen) atoms. The highest BCUT2D eigenvalue weighted by atomic mass is 79.9. The van der Waals surface area contributed by atoms with E-state index in [2.05, 4.69) is 26.0 Å². The summed E-state index contributed by atoms with van der Waals surface area (Å²) in [5, 5.41) is 2.93. The van der Waals surface area contributed by atoms with Gasteiger partial charge in [0.15, 0.2) is 0 Å². The van der Waals surface area contributed by atoms with Crippen LogP contribution in [0.5, 0.6) is 0 Å². The lowest BCUT2D eigenvalue weighted by molar-refractivity contribution is 0.466. The van der Waals surface area contributed by atoms with Crippen molar-refractivity contribution in [1.82, 2.24) is 5.32 Å². The minimum Gasteiger partial charge on any atom is -0.464 e. The van der Waals surface area contributed by atoms with Gasteiger partial charge >= 0.3 is 0 Å². The fourth-order valence-corrected chi connectivity index (χ4v) is 3.66. The molecule has 0 radical (unpaired) electrons. The summed E-state index contributed by atoms with van der Waals surface area (Å²) in [6, 6.07) is 6.91. The van der Waals surface area contributed by atoms with Crippen LogP contribution in [0.3, 0.4) is 0 Å². The summed E-state index contributed by atoms with van der Waals surface area (Å²) in [6.07, 6.45) is 0. The molecule has 2 N–H and O–H groups in total. The van der Waals surface area contributed by atoms with E-state index in [9.17, 15) is 8.42 Å². The van der Waals surface area contributed by atoms with E-state index in [0.29, 0.717) is 23.8 Å². The Morgan fingerprint density at radius 1 is 1.29 bits per heavy atom. The van der Waals surface area contributed by atoms with Crippen molar-refractivity contribution >= 4 is 31.6 Å². The van der Waals surface area contributed by atoms with Gasteiger partial charge in [-0.2, -0.15) is 0 Å². The van der Waals surface area contributed by atoms with Crippen molar-refractivity contribution in [3.8, 4) is 0 Å². The molecule has 0 spiro atoms. The van der Waals surface area contributed by atoms with Crippen LogP contribution in [-0.2, 0) is 16.6 Å². The molecule has 2 rings (SSSR count). The molecular weight excluding hydrogens is 356 g/mol. The summed E-state index contributed by atoms with van der Waals surface area (Å²) >= 11 is 3.39. The molecule has 0 unspecified atom stereocenters. The van der Waals surface area contributed by atoms with Gasteiger partial charge in [0.2, 0.25) is 0 Å². The molecule has 0 aliphatic heterocycles. The minimum atomic E-state index is -3.67. The number of hydrogen-bond donors (Lipinski definition) is 2. The first kappa shape index (κ1) is 16.1. The van der Waals surface area contributed by atoms with Crippen molar-refractivity contribution in [2.75, 3.05) is 11.8 Å². The van der Waals surface area contributed by atoms with Crippen LogP contribution in [0.15, 0.2) is 38.1 Å². The Morgan fingerprint density at radius 3 is 2.67 bits per heavy atom. The van der Waals surface area contributed by atoms with Crippen LogP contribution in [0.4, 0.5) is 5.69 Å². The summed E-state index contributed by atoms with van der Waals surface area (Å²) in [5.74, 6) is 0.960. The molecule has 5 nitrogen and oxygen atoms in total. The molecule has 1 heterocycles. The Kier molecular flexibility index (Phi) is 4.75. The first-order chi connectivity index (χ1) is 9.85. The van der Waals surface area contributed by atoms with Crippen molar-refractivity contribution in [2.24, 2.45) is 0 Å². The maximum Gasteiger partial charge on any atom is 0.265 e. The monoisotopic (exact) mass is 372 g/mol. The van der Waals surface area contributed by atoms with E-state index in [-0.39, 0.29) is 4.90 Å². The molecule has 0 bridgehead atoms. The zero-order valence-electron chi connectivity index (χ0n) is 12.0. The van der Waals surface area contributed by atoms with Crippen LogP contribution in [0, 0.1) is 13.8 Å². The van der Waals surface area contributed by atoms with Gasteiger partial charge < -0.3 is 9.73 Å². The summed E-state index contributed by atoms with van der Waals surface area (Å²) < 4.78 is 33.9. The van der Waals surface area contributed by atoms with Crippen LogP contribution in [0.25, 0.3) is 0 Å². The van der Waals surface area contributed by atoms with E-state index in [4.69, 9.17) is 4.42 Å². The van der Waals surface area contributed by atoms with Crippen molar-refractivity contribution < 1.29 is 12.8 Å². The molecule has 7 heteroatoms. The third kappa shape index (κ3) is 3.48. The molecule has 0 atom stereocenters. The van der Waals surface area contributed by atoms with Crippen LogP contribution in [-0.4, -0.2) is 15.5 Å². The topological polar surface area (TPSA) is 71.3 Å². The zero-order chi connectivity index (χ0) is 15.6. The second kappa shape index (κ2) is 6.21. The van der Waals surface area contributed by atoms with E-state index >= 15 is 0 Å². The smallest absolute Gasteiger partial charge is 0.265 e. The molecule has 0 amide bonds. The summed E-state index contributed by atoms with van der Waals surface area (Å²) in [6.45, 7) is 3.96. The van der Waals surface area contributed by atoms with E-state index in [1.807, 2.05) is 13.0 Å². The third-order valence-electron chi connectivity index (χ3n) is 3.08. The maximum absolute atomic E-state index is 12.5. The number of nitrogens with one attached hydrogen (secondary N) is 2. The molecule has 0 aliphatic carbocycles. The molecule has 2 aromatic rings. The van der Waals surface area contributed by atoms with Crippen LogP contribution >= 0.6 is 15.9 Å². The quantitative estimate of drug-likeness (QED) is 0.845. The Labute approximate surface area is 132 Å². The summed E-state index contributed by atoms with van der Waals surface area (Å²) in [4.78, 5) is 0.159. The lowest BCUT2D eigenvalue weighted by Gasteiger charge is -2.10. The van der Waals surface area contributed by atoms with E-state index in [0.717, 1.165) is 10.0 Å². The van der Waals surface area contributed by atoms with Crippen molar-refractivity contribution in [3.63, 3.8) is 0 Å². The highest BCUT2D eigenvalue weighted by molar-refractivity contribution is 9.10. The molecule has 114 valence electrons. The number of sulfonamides is 1. The van der Waals surface area contributed by atoms with Crippen molar-refractivity contribution in [1.29, 1.82) is 0 Å². The highest BCUT2D eigenvalue weighted by Gasteiger charge is 2.22. The van der Waals surface area contributed by atoms with Gasteiger partial charge in [0.05, 0.1) is 12.2 Å². The van der Waals surface area contributed by atoms with Gasteiger partial charge in [-0.15, -0.1) is 0 Å². The van der Waals surface area contributed by atoms with Gasteiger partial charge in [-0.25, -0.2) is 8.42 Å². The normalized spacial score (nSPS) is 11.6. The largest absolute Gasteiger partial charge is 0.464 e. The molecule has 0 aliphatic rings.